The van der Waals surface area contributed by atoms with Crippen molar-refractivity contribution in [2.24, 2.45) is 4.99 Å². The summed E-state index contributed by atoms with van der Waals surface area (Å²) in [6, 6.07) is 5.62. The number of carbonyl (C=O) groups is 3. The van der Waals surface area contributed by atoms with Gasteiger partial charge in [0.1, 0.15) is 16.5 Å². The number of aryl methyl sites for hydroxylation is 1. The number of aromatic nitrogens is 1. The lowest BCUT2D eigenvalue weighted by Gasteiger charge is -2.12. The lowest BCUT2D eigenvalue weighted by Crippen LogP contribution is -2.28. The molecule has 2 heterocycles. The Hall–Kier alpha value is -2.61. The molecule has 0 radical (unpaired) electrons. The van der Waals surface area contributed by atoms with E-state index in [0.29, 0.717) is 23.3 Å². The number of fused-ring (bicyclic) bond motifs is 2. The van der Waals surface area contributed by atoms with Crippen molar-refractivity contribution in [2.75, 3.05) is 23.4 Å². The molecule has 0 unspecified atom stereocenters. The van der Waals surface area contributed by atoms with Gasteiger partial charge in [0, 0.05) is 15.9 Å². The van der Waals surface area contributed by atoms with Crippen LogP contribution in [0.25, 0.3) is 10.2 Å². The van der Waals surface area contributed by atoms with E-state index in [1.807, 2.05) is 18.2 Å². The number of hydrogen-bond donors (Lipinski definition) is 1. The average Bonchev–Trinajstić information content (AvgIpc) is 3.35. The van der Waals surface area contributed by atoms with Crippen molar-refractivity contribution in [3.63, 3.8) is 0 Å². The molecule has 1 aromatic carbocycles. The number of nitrogens with one attached hydrogen (secondary N) is 1. The van der Waals surface area contributed by atoms with Gasteiger partial charge in [0.15, 0.2) is 14.6 Å². The predicted molar refractivity (Wildman–Crippen MR) is 152 cm³/mol. The van der Waals surface area contributed by atoms with Crippen LogP contribution in [0.1, 0.15) is 40.6 Å². The lowest BCUT2D eigenvalue weighted by atomic mass is 9.95. The number of ether oxygens (including phenoxy) is 1. The Bertz CT molecular complexity index is 1600. The summed E-state index contributed by atoms with van der Waals surface area (Å²) in [6.45, 7) is 6.00. The molecule has 38 heavy (non-hydrogen) atoms. The molecule has 1 aliphatic rings. The molecule has 2 amide bonds. The van der Waals surface area contributed by atoms with Crippen LogP contribution < -0.4 is 10.1 Å². The molecule has 0 aliphatic heterocycles. The van der Waals surface area contributed by atoms with Gasteiger partial charge in [-0.25, -0.2) is 13.2 Å². The number of thiazole rings is 1. The second kappa shape index (κ2) is 12.1. The Morgan fingerprint density at radius 3 is 2.71 bits per heavy atom. The molecule has 0 bridgehead atoms. The van der Waals surface area contributed by atoms with Gasteiger partial charge in [-0.3, -0.25) is 9.59 Å². The fraction of sp³-hybridized carbons (Fsp3) is 0.360. The minimum Gasteiger partial charge on any atom is -0.462 e. The molecule has 1 aliphatic carbocycles. The highest BCUT2D eigenvalue weighted by atomic mass is 79.9. The average molecular weight is 641 g/mol. The molecule has 9 nitrogen and oxygen atoms in total. The van der Waals surface area contributed by atoms with Crippen LogP contribution >= 0.6 is 38.6 Å². The largest absolute Gasteiger partial charge is 0.462 e. The van der Waals surface area contributed by atoms with Gasteiger partial charge >= 0.3 is 5.97 Å². The van der Waals surface area contributed by atoms with Crippen LogP contribution in [-0.4, -0.2) is 48.9 Å². The van der Waals surface area contributed by atoms with Crippen molar-refractivity contribution < 1.29 is 27.5 Å². The fourth-order valence-corrected chi connectivity index (χ4v) is 8.17. The first kappa shape index (κ1) is 28.4. The van der Waals surface area contributed by atoms with E-state index in [9.17, 15) is 22.8 Å². The molecule has 3 aromatic rings. The maximum Gasteiger partial charge on any atom is 0.341 e. The number of carbonyl (C=O) groups excluding carboxylic acids is 3. The second-order valence-corrected chi connectivity index (χ2v) is 13.7. The van der Waals surface area contributed by atoms with Crippen molar-refractivity contribution in [3.05, 3.63) is 56.1 Å². The highest BCUT2D eigenvalue weighted by molar-refractivity contribution is 9.10. The zero-order chi connectivity index (χ0) is 27.4. The molecule has 1 N–H and O–H groups in total. The molecule has 0 saturated carbocycles. The standard InChI is InChI=1S/C25H26BrN3O6S3/c1-3-11-29-17-10-9-15(26)12-19(17)37-25(29)28-21(31)14-38(33,34)13-20(30)27-23-22(24(32)35-4-2)16-7-5-6-8-18(16)36-23/h3,9-10,12H,1,4-8,11,13-14H2,2H3,(H,27,30). The van der Waals surface area contributed by atoms with E-state index in [-0.39, 0.29) is 11.6 Å². The van der Waals surface area contributed by atoms with E-state index in [4.69, 9.17) is 4.74 Å². The number of allylic oxidation sites excluding steroid dienone is 1. The maximum atomic E-state index is 12.7. The Morgan fingerprint density at radius 2 is 1.97 bits per heavy atom. The van der Waals surface area contributed by atoms with Crippen LogP contribution in [0.2, 0.25) is 0 Å². The lowest BCUT2D eigenvalue weighted by molar-refractivity contribution is -0.115. The van der Waals surface area contributed by atoms with E-state index in [2.05, 4.69) is 32.8 Å². The van der Waals surface area contributed by atoms with Gasteiger partial charge in [-0.15, -0.1) is 17.9 Å². The summed E-state index contributed by atoms with van der Waals surface area (Å²) >= 11 is 5.94. The van der Waals surface area contributed by atoms with Crippen LogP contribution in [0, 0.1) is 0 Å². The monoisotopic (exact) mass is 639 g/mol. The van der Waals surface area contributed by atoms with Crippen molar-refractivity contribution >= 4 is 81.4 Å². The van der Waals surface area contributed by atoms with E-state index in [0.717, 1.165) is 44.4 Å². The molecular weight excluding hydrogens is 614 g/mol. The van der Waals surface area contributed by atoms with Gasteiger partial charge in [0.25, 0.3) is 5.91 Å². The molecule has 202 valence electrons. The summed E-state index contributed by atoms with van der Waals surface area (Å²) in [6.07, 6.45) is 5.05. The van der Waals surface area contributed by atoms with Gasteiger partial charge in [-0.05, 0) is 56.4 Å². The Labute approximate surface area is 236 Å². The van der Waals surface area contributed by atoms with Gasteiger partial charge in [-0.2, -0.15) is 4.99 Å². The quantitative estimate of drug-likeness (QED) is 0.276. The van der Waals surface area contributed by atoms with Crippen molar-refractivity contribution in [2.45, 2.75) is 39.2 Å². The summed E-state index contributed by atoms with van der Waals surface area (Å²) in [5, 5.41) is 2.86. The number of amides is 2. The molecule has 2 aromatic heterocycles. The number of sulfone groups is 1. The summed E-state index contributed by atoms with van der Waals surface area (Å²) in [4.78, 5) is 43.3. The topological polar surface area (TPSA) is 124 Å². The fourth-order valence-electron chi connectivity index (χ4n) is 4.25. The number of halogens is 1. The van der Waals surface area contributed by atoms with Gasteiger partial charge in [0.2, 0.25) is 5.91 Å². The van der Waals surface area contributed by atoms with Crippen LogP contribution in [0.3, 0.4) is 0 Å². The summed E-state index contributed by atoms with van der Waals surface area (Å²) < 4.78 is 34.1. The zero-order valence-corrected chi connectivity index (χ0v) is 24.7. The third kappa shape index (κ3) is 6.50. The van der Waals surface area contributed by atoms with E-state index < -0.39 is 39.1 Å². The summed E-state index contributed by atoms with van der Waals surface area (Å²) in [5.41, 5.74) is 1.99. The van der Waals surface area contributed by atoms with Crippen LogP contribution in [0.5, 0.6) is 0 Å². The number of hydrogen-bond acceptors (Lipinski definition) is 8. The number of benzene rings is 1. The third-order valence-electron chi connectivity index (χ3n) is 5.78. The predicted octanol–water partition coefficient (Wildman–Crippen LogP) is 4.25. The highest BCUT2D eigenvalue weighted by Crippen LogP contribution is 2.38. The summed E-state index contributed by atoms with van der Waals surface area (Å²) in [5.74, 6) is -4.07. The van der Waals surface area contributed by atoms with Crippen LogP contribution in [-0.2, 0) is 43.5 Å². The molecule has 13 heteroatoms. The Morgan fingerprint density at radius 1 is 1.21 bits per heavy atom. The zero-order valence-electron chi connectivity index (χ0n) is 20.6. The molecule has 0 saturated heterocycles. The minimum atomic E-state index is -4.13. The number of rotatable bonds is 9. The molecule has 4 rings (SSSR count). The number of thiophene rings is 1. The number of nitrogens with zero attached hydrogens (tertiary/aromatic N) is 2. The van der Waals surface area contributed by atoms with Gasteiger partial charge in [-0.1, -0.05) is 33.3 Å². The number of esters is 1. The van der Waals surface area contributed by atoms with E-state index in [1.54, 1.807) is 17.6 Å². The molecule has 0 fully saturated rings. The SMILES string of the molecule is C=CCn1c(=NC(=O)CS(=O)(=O)CC(=O)Nc2sc3c(c2C(=O)OCC)CCCC3)sc2cc(Br)ccc21. The molecular formula is C25H26BrN3O6S3. The van der Waals surface area contributed by atoms with Crippen molar-refractivity contribution in [3.8, 4) is 0 Å². The first-order valence-corrected chi connectivity index (χ1v) is 16.2. The maximum absolute atomic E-state index is 12.7. The minimum absolute atomic E-state index is 0.181. The molecule has 0 spiro atoms. The highest BCUT2D eigenvalue weighted by Gasteiger charge is 2.28. The molecule has 0 atom stereocenters. The Kier molecular flexibility index (Phi) is 9.01. The summed E-state index contributed by atoms with van der Waals surface area (Å²) in [7, 11) is -4.13. The van der Waals surface area contributed by atoms with Crippen LogP contribution in [0.4, 0.5) is 5.00 Å². The van der Waals surface area contributed by atoms with Crippen molar-refractivity contribution in [1.29, 1.82) is 0 Å². The third-order valence-corrected chi connectivity index (χ3v) is 9.91. The van der Waals surface area contributed by atoms with Crippen LogP contribution in [0.15, 0.2) is 40.3 Å². The van der Waals surface area contributed by atoms with Gasteiger partial charge in [0.05, 0.1) is 22.4 Å². The second-order valence-electron chi connectivity index (χ2n) is 8.62. The first-order valence-electron chi connectivity index (χ1n) is 11.9. The van der Waals surface area contributed by atoms with E-state index in [1.165, 1.54) is 22.7 Å². The number of anilines is 1. The van der Waals surface area contributed by atoms with E-state index >= 15 is 0 Å². The first-order chi connectivity index (χ1) is 18.1. The van der Waals surface area contributed by atoms with Gasteiger partial charge < -0.3 is 14.6 Å². The normalized spacial score (nSPS) is 13.8. The Balaban J connectivity index is 1.51. The smallest absolute Gasteiger partial charge is 0.341 e. The van der Waals surface area contributed by atoms with Crippen molar-refractivity contribution in [1.82, 2.24) is 4.57 Å².